The highest BCUT2D eigenvalue weighted by molar-refractivity contribution is 5.76. The second kappa shape index (κ2) is 7.29. The van der Waals surface area contributed by atoms with Crippen LogP contribution in [-0.4, -0.2) is 44.5 Å². The van der Waals surface area contributed by atoms with Crippen LogP contribution in [0.25, 0.3) is 0 Å². The van der Waals surface area contributed by atoms with Gasteiger partial charge >= 0.3 is 5.97 Å². The first-order valence-corrected chi connectivity index (χ1v) is 7.11. The molecular formula is C16H25NO4. The van der Waals surface area contributed by atoms with Crippen LogP contribution in [0.2, 0.25) is 0 Å². The van der Waals surface area contributed by atoms with E-state index in [1.54, 1.807) is 7.11 Å². The van der Waals surface area contributed by atoms with Crippen molar-refractivity contribution in [2.45, 2.75) is 33.6 Å². The van der Waals surface area contributed by atoms with Gasteiger partial charge in [0.25, 0.3) is 0 Å². The number of carbonyl (C=O) groups excluding carboxylic acids is 2. The summed E-state index contributed by atoms with van der Waals surface area (Å²) in [6, 6.07) is 0. The monoisotopic (exact) mass is 295 g/mol. The third-order valence-electron chi connectivity index (χ3n) is 3.39. The second-order valence-electron chi connectivity index (χ2n) is 6.15. The minimum Gasteiger partial charge on any atom is -0.496 e. The van der Waals surface area contributed by atoms with E-state index in [0.29, 0.717) is 30.9 Å². The third kappa shape index (κ3) is 4.92. The minimum atomic E-state index is -0.479. The van der Waals surface area contributed by atoms with Crippen LogP contribution in [0.15, 0.2) is 23.1 Å². The van der Waals surface area contributed by atoms with Crippen molar-refractivity contribution in [1.82, 2.24) is 4.90 Å². The number of ether oxygens (including phenoxy) is 2. The van der Waals surface area contributed by atoms with E-state index >= 15 is 0 Å². The van der Waals surface area contributed by atoms with E-state index in [2.05, 4.69) is 0 Å². The van der Waals surface area contributed by atoms with Gasteiger partial charge in [-0.3, -0.25) is 9.59 Å². The van der Waals surface area contributed by atoms with Crippen molar-refractivity contribution in [3.63, 3.8) is 0 Å². The summed E-state index contributed by atoms with van der Waals surface area (Å²) in [5.74, 6) is 0.416. The highest BCUT2D eigenvalue weighted by Gasteiger charge is 2.23. The Morgan fingerprint density at radius 2 is 2.05 bits per heavy atom. The molecule has 1 aliphatic carbocycles. The molecule has 0 radical (unpaired) electrons. The molecule has 0 unspecified atom stereocenters. The van der Waals surface area contributed by atoms with Crippen LogP contribution in [0.5, 0.6) is 0 Å². The Morgan fingerprint density at radius 1 is 1.38 bits per heavy atom. The molecular weight excluding hydrogens is 270 g/mol. The standard InChI is InChI=1S/C16H25NO4/c1-16(2,3)15(19)21-9-8-17(4)13-7-6-12(11-18)14(10-13)20-5/h10-11H,6-9H2,1-5H3. The molecule has 0 fully saturated rings. The summed E-state index contributed by atoms with van der Waals surface area (Å²) in [5.41, 5.74) is 1.28. The molecule has 5 heteroatoms. The van der Waals surface area contributed by atoms with Crippen LogP contribution in [0.3, 0.4) is 0 Å². The Hall–Kier alpha value is -1.78. The number of allylic oxidation sites excluding steroid dienone is 3. The zero-order valence-corrected chi connectivity index (χ0v) is 13.6. The van der Waals surface area contributed by atoms with E-state index < -0.39 is 5.41 Å². The SMILES string of the molecule is COC1=C(C=O)CCC(N(C)CCOC(=O)C(C)(C)C)=C1. The van der Waals surface area contributed by atoms with Gasteiger partial charge in [-0.1, -0.05) is 0 Å². The predicted octanol–water partition coefficient (Wildman–Crippen LogP) is 2.28. The molecule has 0 N–H and O–H groups in total. The molecule has 1 aliphatic rings. The molecule has 0 aromatic carbocycles. The molecule has 0 aromatic rings. The number of likely N-dealkylation sites (N-methyl/N-ethyl adjacent to an activating group) is 1. The molecule has 0 aromatic heterocycles. The number of esters is 1. The van der Waals surface area contributed by atoms with E-state index in [1.165, 1.54) is 0 Å². The van der Waals surface area contributed by atoms with Crippen LogP contribution in [-0.2, 0) is 19.1 Å². The molecule has 0 heterocycles. The molecule has 1 rings (SSSR count). The molecule has 0 amide bonds. The van der Waals surface area contributed by atoms with E-state index in [9.17, 15) is 9.59 Å². The van der Waals surface area contributed by atoms with Gasteiger partial charge in [-0.15, -0.1) is 0 Å². The number of nitrogens with zero attached hydrogens (tertiary/aromatic N) is 1. The Morgan fingerprint density at radius 3 is 2.57 bits per heavy atom. The summed E-state index contributed by atoms with van der Waals surface area (Å²) >= 11 is 0. The van der Waals surface area contributed by atoms with E-state index in [-0.39, 0.29) is 5.97 Å². The second-order valence-corrected chi connectivity index (χ2v) is 6.15. The van der Waals surface area contributed by atoms with Gasteiger partial charge in [0.05, 0.1) is 19.1 Å². The number of carbonyl (C=O) groups is 2. The highest BCUT2D eigenvalue weighted by atomic mass is 16.5. The molecule has 0 atom stereocenters. The molecule has 5 nitrogen and oxygen atoms in total. The molecule has 0 saturated carbocycles. The van der Waals surface area contributed by atoms with Crippen molar-refractivity contribution in [3.05, 3.63) is 23.1 Å². The van der Waals surface area contributed by atoms with Crippen molar-refractivity contribution in [2.24, 2.45) is 5.41 Å². The van der Waals surface area contributed by atoms with E-state index in [1.807, 2.05) is 38.8 Å². The maximum atomic E-state index is 11.7. The first-order chi connectivity index (χ1) is 9.79. The predicted molar refractivity (Wildman–Crippen MR) is 80.5 cm³/mol. The van der Waals surface area contributed by atoms with Crippen molar-refractivity contribution < 1.29 is 19.1 Å². The van der Waals surface area contributed by atoms with Crippen molar-refractivity contribution in [3.8, 4) is 0 Å². The third-order valence-corrected chi connectivity index (χ3v) is 3.39. The van der Waals surface area contributed by atoms with Crippen LogP contribution in [0.4, 0.5) is 0 Å². The minimum absolute atomic E-state index is 0.200. The lowest BCUT2D eigenvalue weighted by molar-refractivity contribution is -0.153. The lowest BCUT2D eigenvalue weighted by Crippen LogP contribution is -2.29. The first-order valence-electron chi connectivity index (χ1n) is 7.11. The Balaban J connectivity index is 2.55. The summed E-state index contributed by atoms with van der Waals surface area (Å²) < 4.78 is 10.5. The number of hydrogen-bond acceptors (Lipinski definition) is 5. The Bertz CT molecular complexity index is 457. The van der Waals surface area contributed by atoms with Crippen molar-refractivity contribution >= 4 is 12.3 Å². The van der Waals surface area contributed by atoms with Gasteiger partial charge in [-0.25, -0.2) is 0 Å². The number of rotatable bonds is 6. The van der Waals surface area contributed by atoms with Crippen LogP contribution in [0.1, 0.15) is 33.6 Å². The number of hydrogen-bond donors (Lipinski definition) is 0. The van der Waals surface area contributed by atoms with Gasteiger partial charge in [-0.2, -0.15) is 0 Å². The fourth-order valence-electron chi connectivity index (χ4n) is 1.95. The van der Waals surface area contributed by atoms with Crippen molar-refractivity contribution in [2.75, 3.05) is 27.3 Å². The maximum Gasteiger partial charge on any atom is 0.311 e. The van der Waals surface area contributed by atoms with Gasteiger partial charge < -0.3 is 14.4 Å². The summed E-state index contributed by atoms with van der Waals surface area (Å²) in [6.45, 7) is 6.45. The first kappa shape index (κ1) is 17.3. The van der Waals surface area contributed by atoms with Crippen LogP contribution in [0, 0.1) is 5.41 Å². The molecule has 0 bridgehead atoms. The van der Waals surface area contributed by atoms with E-state index in [4.69, 9.17) is 9.47 Å². The van der Waals surface area contributed by atoms with Gasteiger partial charge in [-0.05, 0) is 39.7 Å². The summed E-state index contributed by atoms with van der Waals surface area (Å²) in [5, 5.41) is 0. The Kier molecular flexibility index (Phi) is 6.00. The fourth-order valence-corrected chi connectivity index (χ4v) is 1.95. The average Bonchev–Trinajstić information content (AvgIpc) is 2.45. The smallest absolute Gasteiger partial charge is 0.311 e. The lowest BCUT2D eigenvalue weighted by Gasteiger charge is -2.26. The highest BCUT2D eigenvalue weighted by Crippen LogP contribution is 2.24. The van der Waals surface area contributed by atoms with Crippen LogP contribution < -0.4 is 0 Å². The Labute approximate surface area is 126 Å². The average molecular weight is 295 g/mol. The normalized spacial score (nSPS) is 15.4. The number of methoxy groups -OCH3 is 1. The largest absolute Gasteiger partial charge is 0.496 e. The quantitative estimate of drug-likeness (QED) is 0.556. The molecule has 0 aliphatic heterocycles. The molecule has 21 heavy (non-hydrogen) atoms. The summed E-state index contributed by atoms with van der Waals surface area (Å²) in [4.78, 5) is 24.6. The maximum absolute atomic E-state index is 11.7. The number of aldehydes is 1. The van der Waals surface area contributed by atoms with Gasteiger partial charge in [0.1, 0.15) is 18.7 Å². The van der Waals surface area contributed by atoms with Crippen LogP contribution >= 0.6 is 0 Å². The fraction of sp³-hybridized carbons (Fsp3) is 0.625. The van der Waals surface area contributed by atoms with E-state index in [0.717, 1.165) is 18.4 Å². The summed E-state index contributed by atoms with van der Waals surface area (Å²) in [7, 11) is 3.50. The van der Waals surface area contributed by atoms with Gasteiger partial charge in [0, 0.05) is 18.3 Å². The lowest BCUT2D eigenvalue weighted by atomic mass is 9.97. The molecule has 0 saturated heterocycles. The van der Waals surface area contributed by atoms with Crippen molar-refractivity contribution in [1.29, 1.82) is 0 Å². The van der Waals surface area contributed by atoms with Gasteiger partial charge in [0.2, 0.25) is 0 Å². The zero-order valence-electron chi connectivity index (χ0n) is 13.6. The molecule has 118 valence electrons. The molecule has 0 spiro atoms. The topological polar surface area (TPSA) is 55.8 Å². The summed E-state index contributed by atoms with van der Waals surface area (Å²) in [6.07, 6.45) is 4.17. The zero-order chi connectivity index (χ0) is 16.0. The van der Waals surface area contributed by atoms with Gasteiger partial charge in [0.15, 0.2) is 0 Å².